The van der Waals surface area contributed by atoms with E-state index in [2.05, 4.69) is 83.1 Å². The molecule has 1 heterocycles. The molecule has 0 bridgehead atoms. The molecule has 1 fully saturated rings. The van der Waals surface area contributed by atoms with Gasteiger partial charge in [-0.3, -0.25) is 0 Å². The maximum Gasteiger partial charge on any atom is 0.347 e. The van der Waals surface area contributed by atoms with Gasteiger partial charge in [-0.25, -0.2) is 0 Å². The van der Waals surface area contributed by atoms with Gasteiger partial charge in [0.25, 0.3) is 0 Å². The highest BCUT2D eigenvalue weighted by molar-refractivity contribution is 6.94. The molecule has 6 nitrogen and oxygen atoms in total. The van der Waals surface area contributed by atoms with E-state index in [9.17, 15) is 0 Å². The molecule has 0 amide bonds. The molecule has 9 heteroatoms. The Labute approximate surface area is 189 Å². The molecule has 0 aromatic heterocycles. The summed E-state index contributed by atoms with van der Waals surface area (Å²) in [5.74, 6) is 0. The van der Waals surface area contributed by atoms with E-state index in [4.69, 9.17) is 26.6 Å². The average Bonchev–Trinajstić information content (AvgIpc) is 2.61. The lowest BCUT2D eigenvalue weighted by Crippen LogP contribution is -2.74. The number of hydrogen-bond acceptors (Lipinski definition) is 6. The van der Waals surface area contributed by atoms with E-state index in [1.165, 1.54) is 0 Å². The Hall–Kier alpha value is 0.411. The van der Waals surface area contributed by atoms with Crippen molar-refractivity contribution < 1.29 is 26.6 Å². The zero-order valence-electron chi connectivity index (χ0n) is 21.7. The van der Waals surface area contributed by atoms with E-state index in [-0.39, 0.29) is 16.8 Å². The van der Waals surface area contributed by atoms with Crippen molar-refractivity contribution in [2.24, 2.45) is 0 Å². The smallest absolute Gasteiger partial charge is 0.347 e. The molecule has 0 aromatic carbocycles. The Bertz CT molecular complexity index is 454. The first-order chi connectivity index (χ1) is 13.4. The van der Waals surface area contributed by atoms with E-state index in [1.807, 2.05) is 0 Å². The van der Waals surface area contributed by atoms with E-state index >= 15 is 0 Å². The highest BCUT2D eigenvalue weighted by atomic mass is 28.5. The van der Waals surface area contributed by atoms with Crippen LogP contribution in [0.25, 0.3) is 0 Å². The van der Waals surface area contributed by atoms with Gasteiger partial charge in [-0.2, -0.15) is 0 Å². The second-order valence-electron chi connectivity index (χ2n) is 11.3. The molecule has 0 aliphatic carbocycles. The van der Waals surface area contributed by atoms with Crippen LogP contribution in [0.5, 0.6) is 0 Å². The molecule has 1 rings (SSSR count). The normalized spacial score (nSPS) is 31.2. The van der Waals surface area contributed by atoms with Crippen molar-refractivity contribution in [3.8, 4) is 0 Å². The third kappa shape index (κ3) is 9.11. The SMILES string of the molecule is CC[Si]1(COC(C)(C)C)O[Si](CC)(COC(C)(C)C)O[Si](CC)(COC(C)(C)C)O1. The molecule has 1 saturated heterocycles. The van der Waals surface area contributed by atoms with Crippen LogP contribution in [-0.4, -0.2) is 61.2 Å². The third-order valence-electron chi connectivity index (χ3n) is 4.91. The number of ether oxygens (including phenoxy) is 3. The standard InChI is InChI=1S/C21H48O6Si3/c1-13-28(16-22-19(4,5)6)25-29(14-2,17-23-20(7,8)9)27-30(15-3,26-28)18-24-21(10,11)12/h13-18H2,1-12H3. The van der Waals surface area contributed by atoms with Crippen molar-refractivity contribution in [2.75, 3.05) is 18.7 Å². The minimum Gasteiger partial charge on any atom is -0.413 e. The molecule has 0 saturated carbocycles. The summed E-state index contributed by atoms with van der Waals surface area (Å²) in [6.45, 7) is 25.1. The Kier molecular flexibility index (Phi) is 9.60. The van der Waals surface area contributed by atoms with E-state index < -0.39 is 25.7 Å². The molecule has 0 radical (unpaired) electrons. The molecular weight excluding hydrogens is 432 g/mol. The lowest BCUT2D eigenvalue weighted by molar-refractivity contribution is -0.0149. The van der Waals surface area contributed by atoms with Crippen molar-refractivity contribution >= 4 is 25.7 Å². The maximum atomic E-state index is 6.90. The number of hydrogen-bond donors (Lipinski definition) is 0. The van der Waals surface area contributed by atoms with Crippen molar-refractivity contribution in [3.05, 3.63) is 0 Å². The Morgan fingerprint density at radius 1 is 0.467 bits per heavy atom. The van der Waals surface area contributed by atoms with Gasteiger partial charge in [0.15, 0.2) is 0 Å². The van der Waals surface area contributed by atoms with Crippen LogP contribution in [-0.2, 0) is 26.6 Å². The van der Waals surface area contributed by atoms with Gasteiger partial charge >= 0.3 is 25.7 Å². The van der Waals surface area contributed by atoms with Crippen LogP contribution >= 0.6 is 0 Å². The summed E-state index contributed by atoms with van der Waals surface area (Å²) in [4.78, 5) is 0. The fraction of sp³-hybridized carbons (Fsp3) is 1.00. The predicted molar refractivity (Wildman–Crippen MR) is 129 cm³/mol. The van der Waals surface area contributed by atoms with Crippen molar-refractivity contribution in [2.45, 2.75) is 118 Å². The lowest BCUT2D eigenvalue weighted by atomic mass is 10.2. The van der Waals surface area contributed by atoms with Crippen LogP contribution in [0.3, 0.4) is 0 Å². The predicted octanol–water partition coefficient (Wildman–Crippen LogP) is 5.50. The highest BCUT2D eigenvalue weighted by Gasteiger charge is 2.62. The quantitative estimate of drug-likeness (QED) is 0.406. The summed E-state index contributed by atoms with van der Waals surface area (Å²) in [7, 11) is -7.97. The first kappa shape index (κ1) is 28.4. The monoisotopic (exact) mass is 480 g/mol. The van der Waals surface area contributed by atoms with Crippen molar-refractivity contribution in [1.82, 2.24) is 0 Å². The first-order valence-electron chi connectivity index (χ1n) is 11.4. The van der Waals surface area contributed by atoms with Gasteiger partial charge in [-0.05, 0) is 80.4 Å². The van der Waals surface area contributed by atoms with Crippen LogP contribution in [0.1, 0.15) is 83.1 Å². The van der Waals surface area contributed by atoms with Gasteiger partial charge in [0, 0.05) is 0 Å². The lowest BCUT2D eigenvalue weighted by Gasteiger charge is -2.53. The summed E-state index contributed by atoms with van der Waals surface area (Å²) in [5, 5.41) is 0. The van der Waals surface area contributed by atoms with Gasteiger partial charge in [0.05, 0.1) is 35.5 Å². The van der Waals surface area contributed by atoms with E-state index in [1.54, 1.807) is 0 Å². The summed E-state index contributed by atoms with van der Waals surface area (Å²) < 4.78 is 39.5. The molecular formula is C21H48O6Si3. The molecule has 0 aromatic rings. The molecule has 0 spiro atoms. The molecule has 180 valence electrons. The molecule has 0 unspecified atom stereocenters. The second kappa shape index (κ2) is 10.1. The first-order valence-corrected chi connectivity index (χ1v) is 18.1. The summed E-state index contributed by atoms with van der Waals surface area (Å²) >= 11 is 0. The minimum absolute atomic E-state index is 0.253. The van der Waals surface area contributed by atoms with Crippen LogP contribution in [0, 0.1) is 0 Å². The fourth-order valence-electron chi connectivity index (χ4n) is 2.97. The molecule has 0 atom stereocenters. The Balaban J connectivity index is 3.33. The summed E-state index contributed by atoms with van der Waals surface area (Å²) in [6, 6.07) is 2.46. The molecule has 30 heavy (non-hydrogen) atoms. The van der Waals surface area contributed by atoms with Gasteiger partial charge in [-0.15, -0.1) is 0 Å². The van der Waals surface area contributed by atoms with Crippen LogP contribution in [0.4, 0.5) is 0 Å². The minimum atomic E-state index is -2.66. The van der Waals surface area contributed by atoms with E-state index in [0.717, 1.165) is 18.1 Å². The van der Waals surface area contributed by atoms with Crippen LogP contribution < -0.4 is 0 Å². The average molecular weight is 481 g/mol. The summed E-state index contributed by atoms with van der Waals surface area (Å²) in [5.41, 5.74) is -0.759. The van der Waals surface area contributed by atoms with Crippen LogP contribution in [0.15, 0.2) is 0 Å². The Morgan fingerprint density at radius 2 is 0.667 bits per heavy atom. The van der Waals surface area contributed by atoms with Crippen molar-refractivity contribution in [3.63, 3.8) is 0 Å². The van der Waals surface area contributed by atoms with Gasteiger partial charge in [0.2, 0.25) is 0 Å². The molecule has 1 aliphatic heterocycles. The molecule has 1 aliphatic rings. The fourth-order valence-corrected chi connectivity index (χ4v) is 20.2. The van der Waals surface area contributed by atoms with E-state index in [0.29, 0.717) is 18.7 Å². The largest absolute Gasteiger partial charge is 0.413 e. The van der Waals surface area contributed by atoms with Gasteiger partial charge in [-0.1, -0.05) is 20.8 Å². The molecule has 0 N–H and O–H groups in total. The number of rotatable bonds is 9. The third-order valence-corrected chi connectivity index (χ3v) is 18.8. The topological polar surface area (TPSA) is 55.4 Å². The summed E-state index contributed by atoms with van der Waals surface area (Å²) in [6.07, 6.45) is 1.51. The Morgan fingerprint density at radius 3 is 0.800 bits per heavy atom. The zero-order valence-corrected chi connectivity index (χ0v) is 24.7. The second-order valence-corrected chi connectivity index (χ2v) is 22.2. The maximum absolute atomic E-state index is 6.90. The highest BCUT2D eigenvalue weighted by Crippen LogP contribution is 2.38. The zero-order chi connectivity index (χ0) is 23.5. The van der Waals surface area contributed by atoms with Crippen molar-refractivity contribution in [1.29, 1.82) is 0 Å². The van der Waals surface area contributed by atoms with Gasteiger partial charge < -0.3 is 26.6 Å². The van der Waals surface area contributed by atoms with Gasteiger partial charge in [0.1, 0.15) is 0 Å². The van der Waals surface area contributed by atoms with Crippen LogP contribution in [0.2, 0.25) is 18.1 Å².